The first-order chi connectivity index (χ1) is 19.5. The lowest BCUT2D eigenvalue weighted by Crippen LogP contribution is -2.28. The quantitative estimate of drug-likeness (QED) is 0.202. The molecule has 1 aliphatic heterocycles. The molecule has 1 saturated heterocycles. The Hall–Kier alpha value is -4.61. The van der Waals surface area contributed by atoms with Crippen LogP contribution in [0, 0.1) is 13.8 Å². The summed E-state index contributed by atoms with van der Waals surface area (Å²) in [6.07, 6.45) is 1.91. The van der Waals surface area contributed by atoms with Gasteiger partial charge in [0.2, 0.25) is 0 Å². The Bertz CT molecular complexity index is 1750. The molecular weight excluding hydrogens is 512 g/mol. The molecule has 0 N–H and O–H groups in total. The summed E-state index contributed by atoms with van der Waals surface area (Å²) in [5.74, 6) is 0.616. The van der Waals surface area contributed by atoms with Crippen molar-refractivity contribution in [3.8, 4) is 5.75 Å². The van der Waals surface area contributed by atoms with E-state index < -0.39 is 0 Å². The number of anilines is 1. The average molecular weight is 541 g/mol. The molecular formula is C35H28N2O2S. The fraction of sp³-hybridized carbons (Fsp3) is 0.0857. The van der Waals surface area contributed by atoms with E-state index in [0.717, 1.165) is 39.4 Å². The largest absolute Gasteiger partial charge is 0.488 e. The van der Waals surface area contributed by atoms with E-state index >= 15 is 0 Å². The molecule has 5 aromatic carbocycles. The van der Waals surface area contributed by atoms with Gasteiger partial charge in [0.05, 0.1) is 16.3 Å². The van der Waals surface area contributed by atoms with E-state index in [9.17, 15) is 4.79 Å². The Morgan fingerprint density at radius 1 is 0.775 bits per heavy atom. The third-order valence-electron chi connectivity index (χ3n) is 6.83. The summed E-state index contributed by atoms with van der Waals surface area (Å²) < 4.78 is 6.33. The molecule has 5 aromatic rings. The van der Waals surface area contributed by atoms with Crippen LogP contribution < -0.4 is 9.64 Å². The van der Waals surface area contributed by atoms with Crippen molar-refractivity contribution in [2.24, 2.45) is 4.99 Å². The number of carbonyl (C=O) groups excluding carboxylic acids is 1. The maximum absolute atomic E-state index is 13.8. The molecule has 0 aromatic heterocycles. The van der Waals surface area contributed by atoms with Crippen LogP contribution in [0.25, 0.3) is 16.8 Å². The number of para-hydroxylation sites is 1. The Kier molecular flexibility index (Phi) is 7.21. The lowest BCUT2D eigenvalue weighted by molar-refractivity contribution is -0.113. The number of hydrogen-bond acceptors (Lipinski definition) is 4. The molecule has 196 valence electrons. The van der Waals surface area contributed by atoms with Crippen LogP contribution in [0.15, 0.2) is 125 Å². The van der Waals surface area contributed by atoms with Gasteiger partial charge in [-0.25, -0.2) is 4.99 Å². The number of aliphatic imine (C=N–C) groups is 1. The summed E-state index contributed by atoms with van der Waals surface area (Å²) in [6, 6.07) is 38.3. The molecule has 1 heterocycles. The van der Waals surface area contributed by atoms with Gasteiger partial charge in [0.25, 0.3) is 5.91 Å². The zero-order valence-corrected chi connectivity index (χ0v) is 23.2. The van der Waals surface area contributed by atoms with E-state index in [-0.39, 0.29) is 5.91 Å². The van der Waals surface area contributed by atoms with E-state index in [1.807, 2.05) is 105 Å². The second-order valence-corrected chi connectivity index (χ2v) is 10.8. The fourth-order valence-corrected chi connectivity index (χ4v) is 5.64. The summed E-state index contributed by atoms with van der Waals surface area (Å²) in [5.41, 5.74) is 5.85. The van der Waals surface area contributed by atoms with Gasteiger partial charge in [-0.15, -0.1) is 0 Å². The van der Waals surface area contributed by atoms with Crippen LogP contribution in [-0.2, 0) is 11.4 Å². The molecule has 0 spiro atoms. The Morgan fingerprint density at radius 3 is 2.25 bits per heavy atom. The van der Waals surface area contributed by atoms with Crippen molar-refractivity contribution in [1.82, 2.24) is 0 Å². The van der Waals surface area contributed by atoms with E-state index in [2.05, 4.69) is 30.3 Å². The van der Waals surface area contributed by atoms with E-state index in [0.29, 0.717) is 16.7 Å². The molecule has 0 atom stereocenters. The van der Waals surface area contributed by atoms with Crippen LogP contribution in [0.2, 0.25) is 0 Å². The Balaban J connectivity index is 1.33. The van der Waals surface area contributed by atoms with Crippen molar-refractivity contribution in [1.29, 1.82) is 0 Å². The first-order valence-corrected chi connectivity index (χ1v) is 14.0. The third-order valence-corrected chi connectivity index (χ3v) is 7.79. The van der Waals surface area contributed by atoms with E-state index in [1.54, 1.807) is 4.90 Å². The molecule has 1 fully saturated rings. The monoisotopic (exact) mass is 540 g/mol. The smallest absolute Gasteiger partial charge is 0.271 e. The number of nitrogens with zero attached hydrogens (tertiary/aromatic N) is 2. The van der Waals surface area contributed by atoms with Gasteiger partial charge in [-0.1, -0.05) is 96.1 Å². The van der Waals surface area contributed by atoms with Gasteiger partial charge in [0, 0.05) is 5.56 Å². The molecule has 0 bridgehead atoms. The third kappa shape index (κ3) is 5.42. The van der Waals surface area contributed by atoms with Gasteiger partial charge >= 0.3 is 0 Å². The van der Waals surface area contributed by atoms with Gasteiger partial charge in [0.15, 0.2) is 5.17 Å². The molecule has 0 saturated carbocycles. The molecule has 1 aliphatic rings. The van der Waals surface area contributed by atoms with Crippen molar-refractivity contribution < 1.29 is 9.53 Å². The SMILES string of the molecule is Cc1ccc(N=C2S/C(=C/c3ccccc3OCc3cccc4ccccc34)C(=O)N2c2ccc(C)cc2)cc1. The van der Waals surface area contributed by atoms with Gasteiger partial charge in [-0.3, -0.25) is 9.69 Å². The number of amides is 1. The van der Waals surface area contributed by atoms with Crippen molar-refractivity contribution in [2.45, 2.75) is 20.5 Å². The summed E-state index contributed by atoms with van der Waals surface area (Å²) >= 11 is 1.38. The number of thioether (sulfide) groups is 1. The first kappa shape index (κ1) is 25.7. The number of carbonyl (C=O) groups is 1. The van der Waals surface area contributed by atoms with Crippen molar-refractivity contribution in [3.05, 3.63) is 142 Å². The molecule has 1 amide bonds. The Labute approximate surface area is 238 Å². The molecule has 4 nitrogen and oxygen atoms in total. The number of benzene rings is 5. The summed E-state index contributed by atoms with van der Waals surface area (Å²) in [5, 5.41) is 2.98. The highest BCUT2D eigenvalue weighted by Crippen LogP contribution is 2.38. The fourth-order valence-electron chi connectivity index (χ4n) is 4.65. The predicted octanol–water partition coefficient (Wildman–Crippen LogP) is 8.84. The molecule has 6 rings (SSSR count). The van der Waals surface area contributed by atoms with Gasteiger partial charge in [-0.2, -0.15) is 0 Å². The van der Waals surface area contributed by atoms with Crippen LogP contribution in [0.5, 0.6) is 5.75 Å². The lowest BCUT2D eigenvalue weighted by Gasteiger charge is -2.16. The summed E-state index contributed by atoms with van der Waals surface area (Å²) in [7, 11) is 0. The number of rotatable bonds is 6. The highest BCUT2D eigenvalue weighted by Gasteiger charge is 2.35. The maximum Gasteiger partial charge on any atom is 0.271 e. The number of fused-ring (bicyclic) bond motifs is 1. The van der Waals surface area contributed by atoms with Crippen LogP contribution in [0.3, 0.4) is 0 Å². The molecule has 40 heavy (non-hydrogen) atoms. The number of amidine groups is 1. The van der Waals surface area contributed by atoms with E-state index in [4.69, 9.17) is 9.73 Å². The highest BCUT2D eigenvalue weighted by molar-refractivity contribution is 8.19. The number of aryl methyl sites for hydroxylation is 2. The van der Waals surface area contributed by atoms with Crippen LogP contribution in [0.4, 0.5) is 11.4 Å². The van der Waals surface area contributed by atoms with Gasteiger partial charge < -0.3 is 4.74 Å². The van der Waals surface area contributed by atoms with Crippen LogP contribution in [-0.4, -0.2) is 11.1 Å². The standard InChI is InChI=1S/C35H28N2O2S/c1-24-14-18-29(19-15-24)36-35-37(30-20-16-25(2)17-21-30)34(38)33(40-35)22-27-9-4-6-13-32(27)39-23-28-11-7-10-26-8-3-5-12-31(26)28/h3-22H,23H2,1-2H3/b33-22+,36-35?. The molecule has 0 aliphatic carbocycles. The second kappa shape index (κ2) is 11.2. The van der Waals surface area contributed by atoms with Gasteiger partial charge in [-0.05, 0) is 78.4 Å². The number of hydrogen-bond donors (Lipinski definition) is 0. The van der Waals surface area contributed by atoms with Crippen molar-refractivity contribution in [2.75, 3.05) is 4.90 Å². The highest BCUT2D eigenvalue weighted by atomic mass is 32.2. The second-order valence-electron chi connectivity index (χ2n) is 9.78. The Morgan fingerprint density at radius 2 is 1.45 bits per heavy atom. The minimum atomic E-state index is -0.108. The normalized spacial score (nSPS) is 15.3. The average Bonchev–Trinajstić information content (AvgIpc) is 3.28. The van der Waals surface area contributed by atoms with Crippen molar-refractivity contribution >= 4 is 51.1 Å². The predicted molar refractivity (Wildman–Crippen MR) is 167 cm³/mol. The van der Waals surface area contributed by atoms with Crippen LogP contribution in [0.1, 0.15) is 22.3 Å². The zero-order chi connectivity index (χ0) is 27.5. The summed E-state index contributed by atoms with van der Waals surface area (Å²) in [4.78, 5) is 20.9. The van der Waals surface area contributed by atoms with Crippen molar-refractivity contribution in [3.63, 3.8) is 0 Å². The maximum atomic E-state index is 13.8. The zero-order valence-electron chi connectivity index (χ0n) is 22.4. The topological polar surface area (TPSA) is 41.9 Å². The molecule has 0 radical (unpaired) electrons. The van der Waals surface area contributed by atoms with Crippen LogP contribution >= 0.6 is 11.8 Å². The van der Waals surface area contributed by atoms with E-state index in [1.165, 1.54) is 22.5 Å². The number of ether oxygens (including phenoxy) is 1. The minimum absolute atomic E-state index is 0.108. The molecule has 0 unspecified atom stereocenters. The summed E-state index contributed by atoms with van der Waals surface area (Å²) in [6.45, 7) is 4.51. The minimum Gasteiger partial charge on any atom is -0.488 e. The van der Waals surface area contributed by atoms with Gasteiger partial charge in [0.1, 0.15) is 12.4 Å². The molecule has 5 heteroatoms. The first-order valence-electron chi connectivity index (χ1n) is 13.2. The lowest BCUT2D eigenvalue weighted by atomic mass is 10.1.